The van der Waals surface area contributed by atoms with Gasteiger partial charge in [-0.3, -0.25) is 0 Å². The summed E-state index contributed by atoms with van der Waals surface area (Å²) < 4.78 is 0. The van der Waals surface area contributed by atoms with E-state index in [9.17, 15) is 4.79 Å². The molecule has 0 bridgehead atoms. The van der Waals surface area contributed by atoms with E-state index in [1.807, 2.05) is 6.92 Å². The molecule has 2 amide bonds. The number of aliphatic hydroxyl groups is 1. The highest BCUT2D eigenvalue weighted by atomic mass is 16.3. The number of hydrogen-bond donors (Lipinski definition) is 3. The molecule has 1 saturated carbocycles. The fourth-order valence-electron chi connectivity index (χ4n) is 2.69. The summed E-state index contributed by atoms with van der Waals surface area (Å²) in [4.78, 5) is 14.2. The largest absolute Gasteiger partial charge is 0.396 e. The van der Waals surface area contributed by atoms with Gasteiger partial charge in [-0.25, -0.2) is 4.79 Å². The molecule has 1 saturated heterocycles. The minimum absolute atomic E-state index is 0.0744. The zero-order chi connectivity index (χ0) is 13.7. The predicted octanol–water partition coefficient (Wildman–Crippen LogP) is 0.788. The standard InChI is InChI=1S/C14H27N3O2/c1-11(5-7-18)8-15-14(19)16-9-12-4-6-17(10-12)13-2-3-13/h11-13,18H,2-10H2,1H3,(H2,15,16,19). The lowest BCUT2D eigenvalue weighted by molar-refractivity contribution is 0.232. The Kier molecular flexibility index (Phi) is 5.45. The molecule has 110 valence electrons. The Balaban J connectivity index is 1.53. The maximum atomic E-state index is 11.6. The quantitative estimate of drug-likeness (QED) is 0.640. The molecule has 1 aliphatic carbocycles. The molecule has 2 rings (SSSR count). The second kappa shape index (κ2) is 7.10. The molecule has 2 atom stereocenters. The van der Waals surface area contributed by atoms with Gasteiger partial charge in [-0.2, -0.15) is 0 Å². The number of hydrogen-bond acceptors (Lipinski definition) is 3. The number of carbonyl (C=O) groups excluding carboxylic acids is 1. The summed E-state index contributed by atoms with van der Waals surface area (Å²) in [5, 5.41) is 14.6. The Morgan fingerprint density at radius 1 is 1.37 bits per heavy atom. The van der Waals surface area contributed by atoms with E-state index in [-0.39, 0.29) is 12.6 Å². The fraction of sp³-hybridized carbons (Fsp3) is 0.929. The number of carbonyl (C=O) groups is 1. The Bertz CT molecular complexity index is 294. The molecule has 2 aliphatic rings. The van der Waals surface area contributed by atoms with Gasteiger partial charge in [0.05, 0.1) is 0 Å². The van der Waals surface area contributed by atoms with E-state index >= 15 is 0 Å². The van der Waals surface area contributed by atoms with Gasteiger partial charge in [0.25, 0.3) is 0 Å². The average Bonchev–Trinajstić information content (AvgIpc) is 3.14. The van der Waals surface area contributed by atoms with Crippen molar-refractivity contribution in [3.05, 3.63) is 0 Å². The van der Waals surface area contributed by atoms with Crippen LogP contribution in [0.15, 0.2) is 0 Å². The van der Waals surface area contributed by atoms with Crippen molar-refractivity contribution in [3.63, 3.8) is 0 Å². The molecular formula is C14H27N3O2. The molecule has 2 fully saturated rings. The van der Waals surface area contributed by atoms with Gasteiger partial charge >= 0.3 is 6.03 Å². The molecule has 5 nitrogen and oxygen atoms in total. The molecule has 5 heteroatoms. The number of aliphatic hydroxyl groups excluding tert-OH is 1. The smallest absolute Gasteiger partial charge is 0.314 e. The van der Waals surface area contributed by atoms with Crippen molar-refractivity contribution in [1.82, 2.24) is 15.5 Å². The number of likely N-dealkylation sites (tertiary alicyclic amines) is 1. The Hall–Kier alpha value is -0.810. The van der Waals surface area contributed by atoms with Crippen LogP contribution in [-0.4, -0.2) is 54.9 Å². The second-order valence-corrected chi connectivity index (χ2v) is 6.09. The maximum Gasteiger partial charge on any atom is 0.314 e. The van der Waals surface area contributed by atoms with Crippen LogP contribution in [0.2, 0.25) is 0 Å². The molecule has 1 heterocycles. The van der Waals surface area contributed by atoms with Crippen molar-refractivity contribution >= 4 is 6.03 Å². The van der Waals surface area contributed by atoms with E-state index in [1.165, 1.54) is 25.8 Å². The first-order valence-corrected chi connectivity index (χ1v) is 7.55. The second-order valence-electron chi connectivity index (χ2n) is 6.09. The Labute approximate surface area is 115 Å². The first-order chi connectivity index (χ1) is 9.19. The van der Waals surface area contributed by atoms with Crippen LogP contribution in [0.25, 0.3) is 0 Å². The summed E-state index contributed by atoms with van der Waals surface area (Å²) in [6.45, 7) is 5.97. The lowest BCUT2D eigenvalue weighted by atomic mass is 10.1. The molecule has 0 aromatic heterocycles. The summed E-state index contributed by atoms with van der Waals surface area (Å²) in [6, 6.07) is 0.771. The third-order valence-corrected chi connectivity index (χ3v) is 4.16. The maximum absolute atomic E-state index is 11.6. The highest BCUT2D eigenvalue weighted by Gasteiger charge is 2.34. The zero-order valence-electron chi connectivity index (χ0n) is 11.9. The molecule has 2 unspecified atom stereocenters. The van der Waals surface area contributed by atoms with Crippen molar-refractivity contribution < 1.29 is 9.90 Å². The lowest BCUT2D eigenvalue weighted by Gasteiger charge is -2.16. The van der Waals surface area contributed by atoms with Crippen LogP contribution >= 0.6 is 0 Å². The van der Waals surface area contributed by atoms with Crippen LogP contribution in [0, 0.1) is 11.8 Å². The van der Waals surface area contributed by atoms with Gasteiger partial charge in [0.15, 0.2) is 0 Å². The number of nitrogens with zero attached hydrogens (tertiary/aromatic N) is 1. The van der Waals surface area contributed by atoms with Crippen LogP contribution in [-0.2, 0) is 0 Å². The van der Waals surface area contributed by atoms with Crippen LogP contribution in [0.3, 0.4) is 0 Å². The molecular weight excluding hydrogens is 242 g/mol. The Morgan fingerprint density at radius 3 is 2.84 bits per heavy atom. The average molecular weight is 269 g/mol. The van der Waals surface area contributed by atoms with E-state index in [4.69, 9.17) is 5.11 Å². The van der Waals surface area contributed by atoms with Crippen molar-refractivity contribution in [2.24, 2.45) is 11.8 Å². The summed E-state index contributed by atoms with van der Waals surface area (Å²) in [5.74, 6) is 0.939. The van der Waals surface area contributed by atoms with Crippen LogP contribution in [0.5, 0.6) is 0 Å². The monoisotopic (exact) mass is 269 g/mol. The Morgan fingerprint density at radius 2 is 2.16 bits per heavy atom. The normalized spacial score (nSPS) is 25.3. The fourth-order valence-corrected chi connectivity index (χ4v) is 2.69. The van der Waals surface area contributed by atoms with Gasteiger partial charge in [-0.05, 0) is 44.1 Å². The molecule has 1 aliphatic heterocycles. The first kappa shape index (κ1) is 14.6. The van der Waals surface area contributed by atoms with E-state index in [2.05, 4.69) is 15.5 Å². The van der Waals surface area contributed by atoms with Gasteiger partial charge in [0.2, 0.25) is 0 Å². The van der Waals surface area contributed by atoms with Crippen molar-refractivity contribution in [2.45, 2.75) is 38.6 Å². The number of urea groups is 1. The third kappa shape index (κ3) is 4.99. The molecule has 0 spiro atoms. The minimum Gasteiger partial charge on any atom is -0.396 e. The van der Waals surface area contributed by atoms with Crippen LogP contribution < -0.4 is 10.6 Å². The summed E-state index contributed by atoms with van der Waals surface area (Å²) in [5.41, 5.74) is 0. The molecule has 3 N–H and O–H groups in total. The topological polar surface area (TPSA) is 64.6 Å². The molecule has 0 aromatic rings. The zero-order valence-corrected chi connectivity index (χ0v) is 11.9. The van der Waals surface area contributed by atoms with Gasteiger partial charge < -0.3 is 20.6 Å². The van der Waals surface area contributed by atoms with Crippen LogP contribution in [0.4, 0.5) is 4.79 Å². The SMILES string of the molecule is CC(CCO)CNC(=O)NCC1CCN(C2CC2)C1. The third-order valence-electron chi connectivity index (χ3n) is 4.16. The number of amides is 2. The van der Waals surface area contributed by atoms with Gasteiger partial charge in [0.1, 0.15) is 0 Å². The van der Waals surface area contributed by atoms with Gasteiger partial charge in [0, 0.05) is 32.3 Å². The van der Waals surface area contributed by atoms with E-state index in [0.29, 0.717) is 18.4 Å². The summed E-state index contributed by atoms with van der Waals surface area (Å²) in [6.07, 6.45) is 4.67. The summed E-state index contributed by atoms with van der Waals surface area (Å²) >= 11 is 0. The van der Waals surface area contributed by atoms with Crippen molar-refractivity contribution in [1.29, 1.82) is 0 Å². The molecule has 0 radical (unpaired) electrons. The number of nitrogens with one attached hydrogen (secondary N) is 2. The molecule has 0 aromatic carbocycles. The number of rotatable bonds is 7. The minimum atomic E-state index is -0.0744. The highest BCUT2D eigenvalue weighted by molar-refractivity contribution is 5.73. The molecule has 19 heavy (non-hydrogen) atoms. The van der Waals surface area contributed by atoms with E-state index in [0.717, 1.165) is 25.6 Å². The van der Waals surface area contributed by atoms with Gasteiger partial charge in [-0.1, -0.05) is 6.92 Å². The van der Waals surface area contributed by atoms with Crippen molar-refractivity contribution in [3.8, 4) is 0 Å². The lowest BCUT2D eigenvalue weighted by Crippen LogP contribution is -2.40. The summed E-state index contributed by atoms with van der Waals surface area (Å²) in [7, 11) is 0. The van der Waals surface area contributed by atoms with Gasteiger partial charge in [-0.15, -0.1) is 0 Å². The van der Waals surface area contributed by atoms with Crippen LogP contribution in [0.1, 0.15) is 32.6 Å². The highest BCUT2D eigenvalue weighted by Crippen LogP contribution is 2.31. The first-order valence-electron chi connectivity index (χ1n) is 7.55. The van der Waals surface area contributed by atoms with E-state index in [1.54, 1.807) is 0 Å². The van der Waals surface area contributed by atoms with Crippen molar-refractivity contribution in [2.75, 3.05) is 32.8 Å². The predicted molar refractivity (Wildman–Crippen MR) is 75.0 cm³/mol. The van der Waals surface area contributed by atoms with E-state index < -0.39 is 0 Å².